The van der Waals surface area contributed by atoms with Crippen LogP contribution in [0.25, 0.3) is 21.7 Å². The standard InChI is InChI=1S/C21H17FN2O3/c1-26-18-10-15-17(11-19(18)27-2)23-20(24-21(15)25)9-12-6-7-14-13(8-12)4-3-5-16(14)22/h3-8,10-11H,9H2,1-2H3,(H,23,24,25). The summed E-state index contributed by atoms with van der Waals surface area (Å²) >= 11 is 0. The van der Waals surface area contributed by atoms with Gasteiger partial charge in [0, 0.05) is 17.9 Å². The molecule has 6 heteroatoms. The second-order valence-electron chi connectivity index (χ2n) is 6.21. The number of halogens is 1. The average Bonchev–Trinajstić information content (AvgIpc) is 2.67. The fraction of sp³-hybridized carbons (Fsp3) is 0.143. The topological polar surface area (TPSA) is 64.2 Å². The quantitative estimate of drug-likeness (QED) is 0.598. The molecule has 0 spiro atoms. The smallest absolute Gasteiger partial charge is 0.258 e. The zero-order valence-corrected chi connectivity index (χ0v) is 14.9. The number of nitrogens with one attached hydrogen (secondary N) is 1. The fourth-order valence-corrected chi connectivity index (χ4v) is 3.20. The molecule has 0 aliphatic rings. The first-order chi connectivity index (χ1) is 13.1. The predicted molar refractivity (Wildman–Crippen MR) is 102 cm³/mol. The number of H-pyrrole nitrogens is 1. The zero-order chi connectivity index (χ0) is 19.0. The number of aromatic nitrogens is 2. The summed E-state index contributed by atoms with van der Waals surface area (Å²) < 4.78 is 24.4. The summed E-state index contributed by atoms with van der Waals surface area (Å²) in [6.45, 7) is 0. The van der Waals surface area contributed by atoms with Crippen molar-refractivity contribution in [2.45, 2.75) is 6.42 Å². The van der Waals surface area contributed by atoms with Crippen molar-refractivity contribution >= 4 is 21.7 Å². The van der Waals surface area contributed by atoms with Crippen molar-refractivity contribution in [1.82, 2.24) is 9.97 Å². The number of aromatic amines is 1. The van der Waals surface area contributed by atoms with Gasteiger partial charge in [0.2, 0.25) is 0 Å². The highest BCUT2D eigenvalue weighted by Crippen LogP contribution is 2.30. The van der Waals surface area contributed by atoms with Crippen LogP contribution in [0.1, 0.15) is 11.4 Å². The molecule has 0 radical (unpaired) electrons. The summed E-state index contributed by atoms with van der Waals surface area (Å²) in [5.74, 6) is 1.25. The van der Waals surface area contributed by atoms with E-state index in [1.54, 1.807) is 24.3 Å². The summed E-state index contributed by atoms with van der Waals surface area (Å²) in [5.41, 5.74) is 1.21. The van der Waals surface area contributed by atoms with Gasteiger partial charge in [-0.2, -0.15) is 0 Å². The normalized spacial score (nSPS) is 11.1. The average molecular weight is 364 g/mol. The molecule has 0 bridgehead atoms. The Kier molecular flexibility index (Phi) is 4.24. The first-order valence-electron chi connectivity index (χ1n) is 8.41. The van der Waals surface area contributed by atoms with Crippen LogP contribution in [-0.4, -0.2) is 24.2 Å². The molecule has 0 saturated carbocycles. The van der Waals surface area contributed by atoms with Crippen LogP contribution in [-0.2, 0) is 6.42 Å². The molecule has 27 heavy (non-hydrogen) atoms. The van der Waals surface area contributed by atoms with Crippen molar-refractivity contribution in [2.75, 3.05) is 14.2 Å². The second-order valence-corrected chi connectivity index (χ2v) is 6.21. The summed E-state index contributed by atoms with van der Waals surface area (Å²) in [6.07, 6.45) is 0.423. The molecular formula is C21H17FN2O3. The maximum Gasteiger partial charge on any atom is 0.258 e. The van der Waals surface area contributed by atoms with E-state index in [0.29, 0.717) is 40.0 Å². The van der Waals surface area contributed by atoms with Gasteiger partial charge in [0.15, 0.2) is 11.5 Å². The Morgan fingerprint density at radius 3 is 2.56 bits per heavy atom. The highest BCUT2D eigenvalue weighted by atomic mass is 19.1. The van der Waals surface area contributed by atoms with E-state index in [-0.39, 0.29) is 11.4 Å². The number of fused-ring (bicyclic) bond motifs is 2. The number of ether oxygens (including phenoxy) is 2. The van der Waals surface area contributed by atoms with E-state index in [1.165, 1.54) is 20.3 Å². The van der Waals surface area contributed by atoms with Crippen molar-refractivity contribution in [3.63, 3.8) is 0 Å². The molecular weight excluding hydrogens is 347 g/mol. The maximum atomic E-state index is 13.8. The largest absolute Gasteiger partial charge is 0.493 e. The van der Waals surface area contributed by atoms with Crippen LogP contribution in [0.4, 0.5) is 4.39 Å². The third-order valence-corrected chi connectivity index (χ3v) is 4.52. The van der Waals surface area contributed by atoms with Gasteiger partial charge in [-0.05, 0) is 23.1 Å². The Bertz CT molecular complexity index is 1220. The van der Waals surface area contributed by atoms with Gasteiger partial charge in [0.25, 0.3) is 5.56 Å². The lowest BCUT2D eigenvalue weighted by Gasteiger charge is -2.10. The number of benzene rings is 3. The molecule has 0 atom stereocenters. The highest BCUT2D eigenvalue weighted by Gasteiger charge is 2.11. The third kappa shape index (κ3) is 3.10. The van der Waals surface area contributed by atoms with E-state index in [9.17, 15) is 9.18 Å². The van der Waals surface area contributed by atoms with Crippen molar-refractivity contribution in [2.24, 2.45) is 0 Å². The number of hydrogen-bond acceptors (Lipinski definition) is 4. The van der Waals surface area contributed by atoms with Gasteiger partial charge in [-0.1, -0.05) is 30.3 Å². The molecule has 136 valence electrons. The summed E-state index contributed by atoms with van der Waals surface area (Å²) in [7, 11) is 3.05. The van der Waals surface area contributed by atoms with E-state index in [2.05, 4.69) is 9.97 Å². The Hall–Kier alpha value is -3.41. The summed E-state index contributed by atoms with van der Waals surface area (Å²) in [5, 5.41) is 1.80. The first-order valence-corrected chi connectivity index (χ1v) is 8.41. The molecule has 0 amide bonds. The molecule has 0 unspecified atom stereocenters. The molecule has 1 aromatic heterocycles. The van der Waals surface area contributed by atoms with Gasteiger partial charge in [0.1, 0.15) is 11.6 Å². The van der Waals surface area contributed by atoms with Crippen molar-refractivity contribution < 1.29 is 13.9 Å². The van der Waals surface area contributed by atoms with Gasteiger partial charge >= 0.3 is 0 Å². The molecule has 0 fully saturated rings. The van der Waals surface area contributed by atoms with Crippen LogP contribution in [0, 0.1) is 5.82 Å². The molecule has 5 nitrogen and oxygen atoms in total. The van der Waals surface area contributed by atoms with Crippen molar-refractivity contribution in [3.05, 3.63) is 76.1 Å². The lowest BCUT2D eigenvalue weighted by molar-refractivity contribution is 0.355. The van der Waals surface area contributed by atoms with E-state index in [4.69, 9.17) is 9.47 Å². The number of methoxy groups -OCH3 is 2. The molecule has 4 rings (SSSR count). The lowest BCUT2D eigenvalue weighted by atomic mass is 10.0. The van der Waals surface area contributed by atoms with Gasteiger partial charge < -0.3 is 14.5 Å². The molecule has 3 aromatic carbocycles. The number of nitrogens with zero attached hydrogens (tertiary/aromatic N) is 1. The monoisotopic (exact) mass is 364 g/mol. The maximum absolute atomic E-state index is 13.8. The van der Waals surface area contributed by atoms with Gasteiger partial charge in [-0.3, -0.25) is 4.79 Å². The molecule has 0 aliphatic carbocycles. The van der Waals surface area contributed by atoms with Crippen molar-refractivity contribution in [1.29, 1.82) is 0 Å². The second kappa shape index (κ2) is 6.72. The Labute approximate surface area is 154 Å². The van der Waals surface area contributed by atoms with Crippen LogP contribution in [0.2, 0.25) is 0 Å². The minimum atomic E-state index is -0.252. The fourth-order valence-electron chi connectivity index (χ4n) is 3.20. The Morgan fingerprint density at radius 2 is 1.78 bits per heavy atom. The molecule has 4 aromatic rings. The molecule has 0 saturated heterocycles. The first kappa shape index (κ1) is 17.0. The summed E-state index contributed by atoms with van der Waals surface area (Å²) in [6, 6.07) is 13.7. The molecule has 1 N–H and O–H groups in total. The van der Waals surface area contributed by atoms with E-state index in [0.717, 1.165) is 10.9 Å². The zero-order valence-electron chi connectivity index (χ0n) is 14.9. The summed E-state index contributed by atoms with van der Waals surface area (Å²) in [4.78, 5) is 19.8. The van der Waals surface area contributed by atoms with Gasteiger partial charge in [-0.25, -0.2) is 9.37 Å². The van der Waals surface area contributed by atoms with Gasteiger partial charge in [-0.15, -0.1) is 0 Å². The minimum Gasteiger partial charge on any atom is -0.493 e. The highest BCUT2D eigenvalue weighted by molar-refractivity contribution is 5.84. The van der Waals surface area contributed by atoms with Crippen LogP contribution >= 0.6 is 0 Å². The number of hydrogen-bond donors (Lipinski definition) is 1. The number of rotatable bonds is 4. The van der Waals surface area contributed by atoms with Crippen LogP contribution < -0.4 is 15.0 Å². The third-order valence-electron chi connectivity index (χ3n) is 4.52. The van der Waals surface area contributed by atoms with Gasteiger partial charge in [0.05, 0.1) is 25.1 Å². The Morgan fingerprint density at radius 1 is 1.00 bits per heavy atom. The minimum absolute atomic E-state index is 0.247. The Balaban J connectivity index is 1.77. The SMILES string of the molecule is COc1cc2nc(Cc3ccc4c(F)cccc4c3)[nH]c(=O)c2cc1OC. The van der Waals surface area contributed by atoms with E-state index < -0.39 is 0 Å². The van der Waals surface area contributed by atoms with Crippen LogP contribution in [0.5, 0.6) is 11.5 Å². The van der Waals surface area contributed by atoms with Crippen LogP contribution in [0.15, 0.2) is 53.3 Å². The molecule has 0 aliphatic heterocycles. The van der Waals surface area contributed by atoms with E-state index in [1.807, 2.05) is 18.2 Å². The van der Waals surface area contributed by atoms with E-state index >= 15 is 0 Å². The van der Waals surface area contributed by atoms with Crippen LogP contribution in [0.3, 0.4) is 0 Å². The molecule has 1 heterocycles. The lowest BCUT2D eigenvalue weighted by Crippen LogP contribution is -2.12. The van der Waals surface area contributed by atoms with Crippen molar-refractivity contribution in [3.8, 4) is 11.5 Å². The predicted octanol–water partition coefficient (Wildman–Crippen LogP) is 3.82.